The van der Waals surface area contributed by atoms with Crippen molar-refractivity contribution in [3.05, 3.63) is 53.3 Å². The topological polar surface area (TPSA) is 47.6 Å². The van der Waals surface area contributed by atoms with Crippen molar-refractivity contribution in [3.8, 4) is 11.5 Å². The lowest BCUT2D eigenvalue weighted by Gasteiger charge is -2.13. The minimum Gasteiger partial charge on any atom is -0.493 e. The lowest BCUT2D eigenvalue weighted by atomic mass is 10.1. The Hall–Kier alpha value is -2.77. The Morgan fingerprint density at radius 2 is 1.85 bits per heavy atom. The number of hydrogen-bond donors (Lipinski definition) is 1. The fourth-order valence-corrected chi connectivity index (χ4v) is 2.44. The molecule has 8 heteroatoms. The number of aryl methyl sites for hydroxylation is 1. The van der Waals surface area contributed by atoms with Gasteiger partial charge in [-0.2, -0.15) is 13.2 Å². The van der Waals surface area contributed by atoms with E-state index in [1.54, 1.807) is 18.2 Å². The predicted molar refractivity (Wildman–Crippen MR) is 87.9 cm³/mol. The molecule has 0 saturated heterocycles. The largest absolute Gasteiger partial charge is 0.493 e. The lowest BCUT2D eigenvalue weighted by molar-refractivity contribution is -0.140. The predicted octanol–water partition coefficient (Wildman–Crippen LogP) is 4.43. The minimum atomic E-state index is -4.83. The van der Waals surface area contributed by atoms with Crippen LogP contribution in [0.2, 0.25) is 0 Å². The average Bonchev–Trinajstić information content (AvgIpc) is 2.60. The number of hydrogen-bond acceptors (Lipinski definition) is 3. The number of alkyl halides is 3. The lowest BCUT2D eigenvalue weighted by Crippen LogP contribution is -2.14. The van der Waals surface area contributed by atoms with Gasteiger partial charge in [-0.3, -0.25) is 4.79 Å². The maximum Gasteiger partial charge on any atom is 0.419 e. The Morgan fingerprint density at radius 1 is 1.12 bits per heavy atom. The van der Waals surface area contributed by atoms with Crippen LogP contribution in [0.25, 0.3) is 0 Å². The van der Waals surface area contributed by atoms with Crippen LogP contribution in [0.15, 0.2) is 36.4 Å². The Labute approximate surface area is 147 Å². The molecule has 0 fully saturated rings. The molecule has 26 heavy (non-hydrogen) atoms. The molecule has 0 heterocycles. The molecule has 4 nitrogen and oxygen atoms in total. The zero-order valence-electron chi connectivity index (χ0n) is 14.1. The van der Waals surface area contributed by atoms with Crippen LogP contribution in [0.3, 0.4) is 0 Å². The summed E-state index contributed by atoms with van der Waals surface area (Å²) >= 11 is 0. The van der Waals surface area contributed by atoms with Crippen LogP contribution in [0.5, 0.6) is 11.5 Å². The Morgan fingerprint density at radius 3 is 2.46 bits per heavy atom. The molecule has 0 spiro atoms. The van der Waals surface area contributed by atoms with Gasteiger partial charge in [0.1, 0.15) is 5.82 Å². The van der Waals surface area contributed by atoms with Crippen molar-refractivity contribution in [2.45, 2.75) is 19.0 Å². The Balaban J connectivity index is 2.07. The molecule has 0 unspecified atom stereocenters. The van der Waals surface area contributed by atoms with E-state index in [4.69, 9.17) is 9.47 Å². The van der Waals surface area contributed by atoms with Gasteiger partial charge in [-0.15, -0.1) is 0 Å². The van der Waals surface area contributed by atoms with E-state index >= 15 is 0 Å². The first kappa shape index (κ1) is 19.6. The highest BCUT2D eigenvalue weighted by Gasteiger charge is 2.34. The van der Waals surface area contributed by atoms with E-state index in [0.29, 0.717) is 30.1 Å². The third-order valence-corrected chi connectivity index (χ3v) is 3.66. The van der Waals surface area contributed by atoms with E-state index in [-0.39, 0.29) is 12.1 Å². The molecule has 0 aliphatic heterocycles. The van der Waals surface area contributed by atoms with Crippen LogP contribution in [-0.2, 0) is 17.4 Å². The van der Waals surface area contributed by atoms with E-state index in [1.165, 1.54) is 14.2 Å². The number of para-hydroxylation sites is 1. The average molecular weight is 371 g/mol. The second-order valence-electron chi connectivity index (χ2n) is 5.39. The molecule has 0 atom stereocenters. The summed E-state index contributed by atoms with van der Waals surface area (Å²) < 4.78 is 61.8. The van der Waals surface area contributed by atoms with E-state index in [2.05, 4.69) is 5.32 Å². The molecular weight excluding hydrogens is 354 g/mol. The Bertz CT molecular complexity index is 790. The molecule has 0 radical (unpaired) electrons. The fourth-order valence-electron chi connectivity index (χ4n) is 2.44. The second kappa shape index (κ2) is 8.07. The van der Waals surface area contributed by atoms with Crippen LogP contribution in [0.4, 0.5) is 23.2 Å². The summed E-state index contributed by atoms with van der Waals surface area (Å²) in [6.07, 6.45) is -4.54. The summed E-state index contributed by atoms with van der Waals surface area (Å²) in [6.45, 7) is 0. The van der Waals surface area contributed by atoms with Crippen molar-refractivity contribution < 1.29 is 31.8 Å². The van der Waals surface area contributed by atoms with Crippen LogP contribution in [-0.4, -0.2) is 20.1 Å². The third-order valence-electron chi connectivity index (χ3n) is 3.66. The van der Waals surface area contributed by atoms with Gasteiger partial charge >= 0.3 is 6.18 Å². The second-order valence-corrected chi connectivity index (χ2v) is 5.39. The van der Waals surface area contributed by atoms with Gasteiger partial charge in [0.05, 0.1) is 19.8 Å². The van der Waals surface area contributed by atoms with Crippen LogP contribution in [0.1, 0.15) is 17.5 Å². The van der Waals surface area contributed by atoms with Crippen molar-refractivity contribution in [2.24, 2.45) is 0 Å². The SMILES string of the molecule is COc1cccc(CCC(=O)Nc2ccc(F)c(C(F)(F)F)c2)c1OC. The molecule has 2 aromatic carbocycles. The minimum absolute atomic E-state index is 0.00224. The quantitative estimate of drug-likeness (QED) is 0.764. The zero-order chi connectivity index (χ0) is 19.3. The number of carbonyl (C=O) groups is 1. The molecule has 140 valence electrons. The van der Waals surface area contributed by atoms with Crippen molar-refractivity contribution in [1.29, 1.82) is 0 Å². The molecule has 0 saturated carbocycles. The summed E-state index contributed by atoms with van der Waals surface area (Å²) in [5.74, 6) is -0.895. The first-order valence-corrected chi connectivity index (χ1v) is 7.62. The summed E-state index contributed by atoms with van der Waals surface area (Å²) in [5, 5.41) is 2.34. The first-order chi connectivity index (χ1) is 12.3. The highest BCUT2D eigenvalue weighted by atomic mass is 19.4. The standard InChI is InChI=1S/C18H17F4NO3/c1-25-15-5-3-4-11(17(15)26-2)6-9-16(24)23-12-7-8-14(19)13(10-12)18(20,21)22/h3-5,7-8,10H,6,9H2,1-2H3,(H,23,24). The highest BCUT2D eigenvalue weighted by molar-refractivity contribution is 5.91. The van der Waals surface area contributed by atoms with E-state index in [0.717, 1.165) is 11.6 Å². The van der Waals surface area contributed by atoms with Gasteiger partial charge in [0.15, 0.2) is 11.5 Å². The fraction of sp³-hybridized carbons (Fsp3) is 0.278. The molecule has 2 rings (SSSR count). The van der Waals surface area contributed by atoms with Crippen molar-refractivity contribution in [3.63, 3.8) is 0 Å². The number of nitrogens with one attached hydrogen (secondary N) is 1. The van der Waals surface area contributed by atoms with Gasteiger partial charge in [0, 0.05) is 12.1 Å². The number of benzene rings is 2. The van der Waals surface area contributed by atoms with Gasteiger partial charge < -0.3 is 14.8 Å². The summed E-state index contributed by atoms with van der Waals surface area (Å²) in [6, 6.07) is 7.52. The zero-order valence-corrected chi connectivity index (χ0v) is 14.1. The van der Waals surface area contributed by atoms with Gasteiger partial charge in [-0.25, -0.2) is 4.39 Å². The van der Waals surface area contributed by atoms with Crippen LogP contribution in [0, 0.1) is 5.82 Å². The molecule has 1 N–H and O–H groups in total. The summed E-state index contributed by atoms with van der Waals surface area (Å²) in [5.41, 5.74) is -0.830. The molecule has 0 bridgehead atoms. The van der Waals surface area contributed by atoms with E-state index in [9.17, 15) is 22.4 Å². The van der Waals surface area contributed by atoms with Crippen LogP contribution >= 0.6 is 0 Å². The van der Waals surface area contributed by atoms with Gasteiger partial charge in [-0.05, 0) is 36.2 Å². The van der Waals surface area contributed by atoms with Gasteiger partial charge in [0.2, 0.25) is 5.91 Å². The van der Waals surface area contributed by atoms with E-state index in [1.807, 2.05) is 0 Å². The molecule has 0 aliphatic rings. The summed E-state index contributed by atoms with van der Waals surface area (Å²) in [4.78, 5) is 12.0. The molecule has 2 aromatic rings. The molecule has 0 aliphatic carbocycles. The third kappa shape index (κ3) is 4.65. The van der Waals surface area contributed by atoms with E-state index < -0.39 is 23.5 Å². The first-order valence-electron chi connectivity index (χ1n) is 7.62. The monoisotopic (exact) mass is 371 g/mol. The summed E-state index contributed by atoms with van der Waals surface area (Å²) in [7, 11) is 2.96. The molecular formula is C18H17F4NO3. The number of ether oxygens (including phenoxy) is 2. The maximum absolute atomic E-state index is 13.3. The van der Waals surface area contributed by atoms with Crippen molar-refractivity contribution >= 4 is 11.6 Å². The number of halogens is 4. The molecule has 0 aromatic heterocycles. The number of amides is 1. The number of anilines is 1. The smallest absolute Gasteiger partial charge is 0.419 e. The highest BCUT2D eigenvalue weighted by Crippen LogP contribution is 2.33. The maximum atomic E-state index is 13.3. The Kier molecular flexibility index (Phi) is 6.07. The van der Waals surface area contributed by atoms with Crippen LogP contribution < -0.4 is 14.8 Å². The van der Waals surface area contributed by atoms with Crippen molar-refractivity contribution in [1.82, 2.24) is 0 Å². The number of carbonyl (C=O) groups excluding carboxylic acids is 1. The number of methoxy groups -OCH3 is 2. The normalized spacial score (nSPS) is 11.2. The van der Waals surface area contributed by atoms with Gasteiger partial charge in [0.25, 0.3) is 0 Å². The number of rotatable bonds is 6. The van der Waals surface area contributed by atoms with Gasteiger partial charge in [-0.1, -0.05) is 12.1 Å². The van der Waals surface area contributed by atoms with Crippen molar-refractivity contribution in [2.75, 3.05) is 19.5 Å². The molecule has 1 amide bonds.